The van der Waals surface area contributed by atoms with E-state index in [0.717, 1.165) is 17.5 Å². The van der Waals surface area contributed by atoms with Crippen molar-refractivity contribution in [1.82, 2.24) is 4.98 Å². The number of aromatic nitrogens is 1. The molecule has 1 N–H and O–H groups in total. The van der Waals surface area contributed by atoms with Crippen LogP contribution in [-0.2, 0) is 16.0 Å². The third kappa shape index (κ3) is 5.43. The van der Waals surface area contributed by atoms with Crippen molar-refractivity contribution in [1.29, 1.82) is 0 Å². The maximum Gasteiger partial charge on any atom is 0.422 e. The Labute approximate surface area is 162 Å². The summed E-state index contributed by atoms with van der Waals surface area (Å²) in [5.74, 6) is -0.706. The van der Waals surface area contributed by atoms with E-state index in [1.165, 1.54) is 12.3 Å². The van der Waals surface area contributed by atoms with E-state index in [1.54, 1.807) is 0 Å². The number of carbonyl (C=O) groups excluding carboxylic acids is 1. The van der Waals surface area contributed by atoms with E-state index in [4.69, 9.17) is 9.47 Å². The summed E-state index contributed by atoms with van der Waals surface area (Å²) in [5.41, 5.74) is 2.13. The number of nitrogens with zero attached hydrogens (tertiary/aromatic N) is 1. The molecule has 0 aliphatic carbocycles. The first-order chi connectivity index (χ1) is 12.8. The van der Waals surface area contributed by atoms with Gasteiger partial charge >= 0.3 is 6.18 Å². The van der Waals surface area contributed by atoms with Crippen LogP contribution in [-0.4, -0.2) is 30.3 Å². The van der Waals surface area contributed by atoms with Crippen LogP contribution in [0.25, 0.3) is 0 Å². The van der Waals surface area contributed by atoms with Crippen molar-refractivity contribution in [2.75, 3.05) is 18.5 Å². The van der Waals surface area contributed by atoms with Gasteiger partial charge in [-0.2, -0.15) is 13.2 Å². The predicted octanol–water partition coefficient (Wildman–Crippen LogP) is 4.43. The van der Waals surface area contributed by atoms with E-state index in [-0.39, 0.29) is 18.0 Å². The molecule has 2 aromatic rings. The van der Waals surface area contributed by atoms with Crippen LogP contribution in [0, 0.1) is 0 Å². The summed E-state index contributed by atoms with van der Waals surface area (Å²) in [6, 6.07) is 9.14. The number of rotatable bonds is 5. The smallest absolute Gasteiger partial charge is 0.422 e. The lowest BCUT2D eigenvalue weighted by Crippen LogP contribution is -2.23. The second kappa shape index (κ2) is 8.26. The van der Waals surface area contributed by atoms with E-state index < -0.39 is 24.8 Å². The molecule has 2 heterocycles. The maximum atomic E-state index is 12.4. The Kier molecular flexibility index (Phi) is 6.01. The number of ether oxygens (including phenoxy) is 2. The maximum absolute atomic E-state index is 12.4. The number of anilines is 1. The van der Waals surface area contributed by atoms with Crippen molar-refractivity contribution in [3.63, 3.8) is 0 Å². The van der Waals surface area contributed by atoms with E-state index in [1.807, 2.05) is 24.3 Å². The Hall–Kier alpha value is -2.13. The monoisotopic (exact) mass is 444 g/mol. The largest absolute Gasteiger partial charge is 0.467 e. The Morgan fingerprint density at radius 2 is 2.15 bits per heavy atom. The molecule has 1 amide bonds. The van der Waals surface area contributed by atoms with Gasteiger partial charge in [0.25, 0.3) is 0 Å². The van der Waals surface area contributed by atoms with E-state index >= 15 is 0 Å². The number of amides is 1. The minimum Gasteiger partial charge on any atom is -0.467 e. The van der Waals surface area contributed by atoms with Crippen molar-refractivity contribution in [2.45, 2.75) is 25.1 Å². The number of halogens is 4. The number of pyridine rings is 1. The first-order valence-electron chi connectivity index (χ1n) is 8.16. The van der Waals surface area contributed by atoms with Crippen molar-refractivity contribution in [2.24, 2.45) is 0 Å². The van der Waals surface area contributed by atoms with Gasteiger partial charge in [-0.15, -0.1) is 0 Å². The molecule has 1 atom stereocenters. The zero-order chi connectivity index (χ0) is 19.4. The lowest BCUT2D eigenvalue weighted by atomic mass is 9.95. The second-order valence-electron chi connectivity index (χ2n) is 5.97. The number of alkyl halides is 3. The lowest BCUT2D eigenvalue weighted by molar-refractivity contribution is -0.153. The average Bonchev–Trinajstić information content (AvgIpc) is 2.60. The fourth-order valence-electron chi connectivity index (χ4n) is 2.80. The molecule has 144 valence electrons. The molecule has 0 bridgehead atoms. The van der Waals surface area contributed by atoms with Gasteiger partial charge in [-0.3, -0.25) is 4.79 Å². The van der Waals surface area contributed by atoms with Crippen LogP contribution in [0.3, 0.4) is 0 Å². The van der Waals surface area contributed by atoms with E-state index in [2.05, 4.69) is 26.2 Å². The predicted molar refractivity (Wildman–Crippen MR) is 95.6 cm³/mol. The van der Waals surface area contributed by atoms with Crippen LogP contribution in [0.15, 0.2) is 41.0 Å². The molecule has 0 saturated carbocycles. The van der Waals surface area contributed by atoms with Gasteiger partial charge in [0, 0.05) is 10.7 Å². The molecule has 1 aliphatic heterocycles. The summed E-state index contributed by atoms with van der Waals surface area (Å²) in [7, 11) is 0. The Morgan fingerprint density at radius 1 is 1.37 bits per heavy atom. The normalized spacial score (nSPS) is 16.5. The quantitative estimate of drug-likeness (QED) is 0.740. The van der Waals surface area contributed by atoms with Crippen LogP contribution < -0.4 is 10.1 Å². The van der Waals surface area contributed by atoms with Crippen LogP contribution in [0.1, 0.15) is 23.7 Å². The van der Waals surface area contributed by atoms with E-state index in [9.17, 15) is 18.0 Å². The minimum atomic E-state index is -4.50. The third-order valence-corrected chi connectivity index (χ3v) is 4.36. The lowest BCUT2D eigenvalue weighted by Gasteiger charge is -2.25. The van der Waals surface area contributed by atoms with Crippen LogP contribution >= 0.6 is 15.9 Å². The molecule has 1 aliphatic rings. The van der Waals surface area contributed by atoms with Gasteiger partial charge in [0.15, 0.2) is 6.61 Å². The van der Waals surface area contributed by atoms with Crippen molar-refractivity contribution in [3.05, 3.63) is 52.1 Å². The summed E-state index contributed by atoms with van der Waals surface area (Å²) in [5, 5.41) is 2.56. The number of fused-ring (bicyclic) bond motifs is 1. The number of hydrogen-bond acceptors (Lipinski definition) is 4. The third-order valence-electron chi connectivity index (χ3n) is 3.93. The highest BCUT2D eigenvalue weighted by Gasteiger charge is 2.29. The molecule has 9 heteroatoms. The number of hydrogen-bond donors (Lipinski definition) is 1. The van der Waals surface area contributed by atoms with Crippen molar-refractivity contribution in [3.8, 4) is 5.88 Å². The minimum absolute atomic E-state index is 0.0300. The van der Waals surface area contributed by atoms with E-state index in [0.29, 0.717) is 11.1 Å². The van der Waals surface area contributed by atoms with Gasteiger partial charge in [0.1, 0.15) is 5.69 Å². The molecule has 1 aromatic heterocycles. The topological polar surface area (TPSA) is 60.5 Å². The summed E-state index contributed by atoms with van der Waals surface area (Å²) in [6.07, 6.45) is -2.81. The van der Waals surface area contributed by atoms with Gasteiger partial charge in [0.05, 0.1) is 19.1 Å². The van der Waals surface area contributed by atoms with Gasteiger partial charge in [0.2, 0.25) is 11.8 Å². The molecular weight excluding hydrogens is 429 g/mol. The van der Waals surface area contributed by atoms with Crippen LogP contribution in [0.2, 0.25) is 0 Å². The van der Waals surface area contributed by atoms with Crippen molar-refractivity contribution < 1.29 is 27.4 Å². The zero-order valence-electron chi connectivity index (χ0n) is 14.1. The number of benzene rings is 1. The van der Waals surface area contributed by atoms with Crippen LogP contribution in [0.4, 0.5) is 18.9 Å². The molecule has 5 nitrogen and oxygen atoms in total. The Balaban J connectivity index is 1.70. The van der Waals surface area contributed by atoms with Gasteiger partial charge in [-0.05, 0) is 39.5 Å². The molecular formula is C18H16BrF3N2O3. The van der Waals surface area contributed by atoms with Gasteiger partial charge in [-0.25, -0.2) is 4.98 Å². The first-order valence-corrected chi connectivity index (χ1v) is 8.95. The molecule has 1 aromatic carbocycles. The fraction of sp³-hybridized carbons (Fsp3) is 0.333. The van der Waals surface area contributed by atoms with Gasteiger partial charge in [-0.1, -0.05) is 24.3 Å². The Bertz CT molecular complexity index is 830. The molecule has 27 heavy (non-hydrogen) atoms. The zero-order valence-corrected chi connectivity index (χ0v) is 15.6. The molecule has 0 saturated heterocycles. The fourth-order valence-corrected chi connectivity index (χ4v) is 3.13. The SMILES string of the molecule is O=C(C[C@H]1OCCc2ccccc21)Nc1cc(Br)cnc1OCC(F)(F)F. The standard InChI is InChI=1S/C18H16BrF3N2O3/c19-12-7-14(17(23-9-12)27-10-18(20,21)22)24-16(25)8-15-13-4-2-1-3-11(13)5-6-26-15/h1-4,7,9,15H,5-6,8,10H2,(H,24,25)/t15-/m1/s1. The molecule has 0 unspecified atom stereocenters. The molecule has 0 spiro atoms. The average molecular weight is 445 g/mol. The highest BCUT2D eigenvalue weighted by Crippen LogP contribution is 2.31. The first kappa shape index (κ1) is 19.6. The number of nitrogens with one attached hydrogen (secondary N) is 1. The van der Waals surface area contributed by atoms with Crippen molar-refractivity contribution >= 4 is 27.5 Å². The summed E-state index contributed by atoms with van der Waals surface area (Å²) >= 11 is 3.18. The molecule has 0 radical (unpaired) electrons. The Morgan fingerprint density at radius 3 is 2.93 bits per heavy atom. The second-order valence-corrected chi connectivity index (χ2v) is 6.89. The summed E-state index contributed by atoms with van der Waals surface area (Å²) in [4.78, 5) is 16.2. The summed E-state index contributed by atoms with van der Waals surface area (Å²) < 4.78 is 48.1. The van der Waals surface area contributed by atoms with Gasteiger partial charge < -0.3 is 14.8 Å². The number of carbonyl (C=O) groups is 1. The highest BCUT2D eigenvalue weighted by molar-refractivity contribution is 9.10. The highest BCUT2D eigenvalue weighted by atomic mass is 79.9. The summed E-state index contributed by atoms with van der Waals surface area (Å²) in [6.45, 7) is -0.989. The van der Waals surface area contributed by atoms with Crippen LogP contribution in [0.5, 0.6) is 5.88 Å². The molecule has 0 fully saturated rings. The molecule has 3 rings (SSSR count).